The van der Waals surface area contributed by atoms with Crippen molar-refractivity contribution >= 4 is 0 Å². The van der Waals surface area contributed by atoms with Gasteiger partial charge in [-0.25, -0.2) is 0 Å². The van der Waals surface area contributed by atoms with Gasteiger partial charge in [0.1, 0.15) is 0 Å². The van der Waals surface area contributed by atoms with Crippen LogP contribution in [-0.4, -0.2) is 30.1 Å². The summed E-state index contributed by atoms with van der Waals surface area (Å²) in [6.45, 7) is 2.06. The van der Waals surface area contributed by atoms with Gasteiger partial charge < -0.3 is 10.0 Å². The molecule has 0 saturated carbocycles. The summed E-state index contributed by atoms with van der Waals surface area (Å²) >= 11 is 0. The van der Waals surface area contributed by atoms with Crippen LogP contribution in [0.25, 0.3) is 0 Å². The second-order valence-corrected chi connectivity index (χ2v) is 5.00. The van der Waals surface area contributed by atoms with E-state index in [1.807, 2.05) is 6.07 Å². The van der Waals surface area contributed by atoms with Gasteiger partial charge in [-0.3, -0.25) is 0 Å². The molecule has 1 N–H and O–H groups in total. The molecular weight excluding hydrogens is 269 g/mol. The standard InChI is InChI=1S/C14H17F3N2O/c1-13(20,10-19(2)8-4-7-18)11-5-3-6-12(9-11)14(15,16)17/h3,5-6,9,20H,4,8,10H2,1-2H3. The minimum Gasteiger partial charge on any atom is -0.384 e. The zero-order valence-electron chi connectivity index (χ0n) is 11.4. The van der Waals surface area contributed by atoms with Crippen LogP contribution in [0.1, 0.15) is 24.5 Å². The molecule has 0 aliphatic heterocycles. The Morgan fingerprint density at radius 3 is 2.45 bits per heavy atom. The van der Waals surface area contributed by atoms with Crippen LogP contribution in [0.4, 0.5) is 13.2 Å². The summed E-state index contributed by atoms with van der Waals surface area (Å²) in [7, 11) is 1.71. The molecule has 0 radical (unpaired) electrons. The number of hydrogen-bond donors (Lipinski definition) is 1. The topological polar surface area (TPSA) is 47.3 Å². The van der Waals surface area contributed by atoms with E-state index in [1.54, 1.807) is 11.9 Å². The lowest BCUT2D eigenvalue weighted by molar-refractivity contribution is -0.137. The second kappa shape index (κ2) is 6.25. The number of rotatable bonds is 5. The lowest BCUT2D eigenvalue weighted by atomic mass is 9.93. The fourth-order valence-electron chi connectivity index (χ4n) is 1.97. The van der Waals surface area contributed by atoms with Crippen molar-refractivity contribution in [2.45, 2.75) is 25.1 Å². The van der Waals surface area contributed by atoms with Crippen LogP contribution in [0, 0.1) is 11.3 Å². The van der Waals surface area contributed by atoms with Crippen molar-refractivity contribution in [2.75, 3.05) is 20.1 Å². The molecule has 20 heavy (non-hydrogen) atoms. The van der Waals surface area contributed by atoms with E-state index < -0.39 is 17.3 Å². The normalized spacial score (nSPS) is 14.9. The summed E-state index contributed by atoms with van der Waals surface area (Å²) < 4.78 is 38.0. The van der Waals surface area contributed by atoms with Gasteiger partial charge in [0.05, 0.1) is 17.2 Å². The van der Waals surface area contributed by atoms with Gasteiger partial charge in [-0.05, 0) is 31.7 Å². The average molecular weight is 286 g/mol. The fraction of sp³-hybridized carbons (Fsp3) is 0.500. The van der Waals surface area contributed by atoms with E-state index in [0.29, 0.717) is 13.0 Å². The predicted octanol–water partition coefficient (Wildman–Crippen LogP) is 2.76. The third kappa shape index (κ3) is 4.51. The highest BCUT2D eigenvalue weighted by Crippen LogP contribution is 2.32. The van der Waals surface area contributed by atoms with E-state index in [0.717, 1.165) is 12.1 Å². The molecule has 0 heterocycles. The van der Waals surface area contributed by atoms with Crippen molar-refractivity contribution < 1.29 is 18.3 Å². The van der Waals surface area contributed by atoms with E-state index in [9.17, 15) is 18.3 Å². The third-order valence-electron chi connectivity index (χ3n) is 2.99. The molecule has 0 aliphatic carbocycles. The number of benzene rings is 1. The molecule has 0 fully saturated rings. The molecule has 6 heteroatoms. The van der Waals surface area contributed by atoms with E-state index in [4.69, 9.17) is 5.26 Å². The van der Waals surface area contributed by atoms with E-state index >= 15 is 0 Å². The van der Waals surface area contributed by atoms with Crippen molar-refractivity contribution in [3.63, 3.8) is 0 Å². The van der Waals surface area contributed by atoms with Gasteiger partial charge in [0.15, 0.2) is 0 Å². The Kier molecular flexibility index (Phi) is 5.15. The molecule has 110 valence electrons. The van der Waals surface area contributed by atoms with Gasteiger partial charge >= 0.3 is 6.18 Å². The molecule has 1 rings (SSSR count). The highest BCUT2D eigenvalue weighted by Gasteiger charge is 2.33. The smallest absolute Gasteiger partial charge is 0.384 e. The van der Waals surface area contributed by atoms with Gasteiger partial charge in [0, 0.05) is 19.5 Å². The highest BCUT2D eigenvalue weighted by atomic mass is 19.4. The minimum atomic E-state index is -4.43. The molecule has 0 saturated heterocycles. The molecular formula is C14H17F3N2O. The Bertz CT molecular complexity index is 492. The number of aliphatic hydroxyl groups is 1. The zero-order chi connectivity index (χ0) is 15.4. The molecule has 1 aromatic rings. The zero-order valence-corrected chi connectivity index (χ0v) is 11.4. The summed E-state index contributed by atoms with van der Waals surface area (Å²) in [4.78, 5) is 1.71. The minimum absolute atomic E-state index is 0.149. The quantitative estimate of drug-likeness (QED) is 0.905. The average Bonchev–Trinajstić information content (AvgIpc) is 2.35. The molecule has 3 nitrogen and oxygen atoms in total. The molecule has 0 aliphatic rings. The molecule has 0 amide bonds. The number of halogens is 3. The summed E-state index contributed by atoms with van der Waals surface area (Å²) in [5.74, 6) is 0. The van der Waals surface area contributed by atoms with E-state index in [1.165, 1.54) is 19.1 Å². The summed E-state index contributed by atoms with van der Waals surface area (Å²) in [6.07, 6.45) is -4.13. The number of nitrogens with zero attached hydrogens (tertiary/aromatic N) is 2. The highest BCUT2D eigenvalue weighted by molar-refractivity contribution is 5.29. The summed E-state index contributed by atoms with van der Waals surface area (Å²) in [5, 5.41) is 18.8. The summed E-state index contributed by atoms with van der Waals surface area (Å²) in [6, 6.07) is 6.65. The Hall–Kier alpha value is -1.58. The van der Waals surface area contributed by atoms with Crippen LogP contribution in [0.15, 0.2) is 24.3 Å². The third-order valence-corrected chi connectivity index (χ3v) is 2.99. The lowest BCUT2D eigenvalue weighted by Crippen LogP contribution is -2.37. The molecule has 1 unspecified atom stereocenters. The Balaban J connectivity index is 2.90. The van der Waals surface area contributed by atoms with Gasteiger partial charge in [0.2, 0.25) is 0 Å². The monoisotopic (exact) mass is 286 g/mol. The Morgan fingerprint density at radius 2 is 1.90 bits per heavy atom. The van der Waals surface area contributed by atoms with Crippen molar-refractivity contribution in [2.24, 2.45) is 0 Å². The largest absolute Gasteiger partial charge is 0.416 e. The predicted molar refractivity (Wildman–Crippen MR) is 68.7 cm³/mol. The first-order valence-electron chi connectivity index (χ1n) is 6.12. The first-order valence-corrected chi connectivity index (χ1v) is 6.12. The van der Waals surface area contributed by atoms with Gasteiger partial charge in [-0.2, -0.15) is 18.4 Å². The van der Waals surface area contributed by atoms with Crippen LogP contribution in [0.2, 0.25) is 0 Å². The van der Waals surface area contributed by atoms with Gasteiger partial charge in [-0.15, -0.1) is 0 Å². The van der Waals surface area contributed by atoms with Crippen LogP contribution in [0.3, 0.4) is 0 Å². The first kappa shape index (κ1) is 16.5. The van der Waals surface area contributed by atoms with Crippen LogP contribution >= 0.6 is 0 Å². The Labute approximate surface area is 116 Å². The molecule has 1 atom stereocenters. The van der Waals surface area contributed by atoms with Crippen molar-refractivity contribution in [1.29, 1.82) is 5.26 Å². The van der Waals surface area contributed by atoms with Gasteiger partial charge in [-0.1, -0.05) is 12.1 Å². The second-order valence-electron chi connectivity index (χ2n) is 5.00. The number of nitriles is 1. The van der Waals surface area contributed by atoms with Crippen LogP contribution in [0.5, 0.6) is 0 Å². The molecule has 0 bridgehead atoms. The van der Waals surface area contributed by atoms with Crippen molar-refractivity contribution in [3.05, 3.63) is 35.4 Å². The maximum Gasteiger partial charge on any atom is 0.416 e. The number of hydrogen-bond acceptors (Lipinski definition) is 3. The van der Waals surface area contributed by atoms with Crippen molar-refractivity contribution in [1.82, 2.24) is 4.90 Å². The SMILES string of the molecule is CN(CCC#N)CC(C)(O)c1cccc(C(F)(F)F)c1. The Morgan fingerprint density at radius 1 is 1.30 bits per heavy atom. The molecule has 0 spiro atoms. The number of alkyl halides is 3. The van der Waals surface area contributed by atoms with Crippen LogP contribution < -0.4 is 0 Å². The van der Waals surface area contributed by atoms with E-state index in [-0.39, 0.29) is 12.1 Å². The maximum absolute atomic E-state index is 12.7. The summed E-state index contributed by atoms with van der Waals surface area (Å²) in [5.41, 5.74) is -1.99. The number of likely N-dealkylation sites (N-methyl/N-ethyl adjacent to an activating group) is 1. The lowest BCUT2D eigenvalue weighted by Gasteiger charge is -2.29. The fourth-order valence-corrected chi connectivity index (χ4v) is 1.97. The van der Waals surface area contributed by atoms with E-state index in [2.05, 4.69) is 0 Å². The first-order chi connectivity index (χ1) is 9.16. The maximum atomic E-state index is 12.7. The van der Waals surface area contributed by atoms with Gasteiger partial charge in [0.25, 0.3) is 0 Å². The molecule has 1 aromatic carbocycles. The van der Waals surface area contributed by atoms with Crippen LogP contribution in [-0.2, 0) is 11.8 Å². The molecule has 0 aromatic heterocycles. The van der Waals surface area contributed by atoms with Crippen molar-refractivity contribution in [3.8, 4) is 6.07 Å².